The molecule has 0 radical (unpaired) electrons. The van der Waals surface area contributed by atoms with Gasteiger partial charge in [-0.2, -0.15) is 0 Å². The van der Waals surface area contributed by atoms with Crippen molar-refractivity contribution in [3.63, 3.8) is 0 Å². The summed E-state index contributed by atoms with van der Waals surface area (Å²) in [6, 6.07) is 7.84. The summed E-state index contributed by atoms with van der Waals surface area (Å²) >= 11 is 0. The minimum atomic E-state index is -1.20. The van der Waals surface area contributed by atoms with E-state index in [-0.39, 0.29) is 39.1 Å². The third-order valence-corrected chi connectivity index (χ3v) is 6.34. The lowest BCUT2D eigenvalue weighted by Crippen LogP contribution is -2.53. The lowest BCUT2D eigenvalue weighted by atomic mass is 9.99. The molecule has 0 fully saturated rings. The van der Waals surface area contributed by atoms with Crippen molar-refractivity contribution in [1.82, 2.24) is 26.2 Å². The number of nitrogens with zero attached hydrogens (tertiary/aromatic N) is 1. The van der Waals surface area contributed by atoms with E-state index in [9.17, 15) is 29.1 Å². The van der Waals surface area contributed by atoms with E-state index in [4.69, 9.17) is 14.2 Å². The summed E-state index contributed by atoms with van der Waals surface area (Å²) < 4.78 is 15.8. The summed E-state index contributed by atoms with van der Waals surface area (Å²) in [6.07, 6.45) is -2.29. The van der Waals surface area contributed by atoms with Gasteiger partial charge < -0.3 is 40.6 Å². The Morgan fingerprint density at radius 1 is 0.766 bits per heavy atom. The second-order valence-electron chi connectivity index (χ2n) is 14.2. The number of carbonyl (C=O) groups excluding carboxylic acids is 4. The van der Waals surface area contributed by atoms with Crippen LogP contribution in [0.5, 0.6) is 0 Å². The smallest absolute Gasteiger partial charge is 0.407 e. The minimum absolute atomic E-state index is 0.0316. The molecular formula is C33H55N5O9. The molecule has 1 aromatic rings. The van der Waals surface area contributed by atoms with E-state index < -0.39 is 59.1 Å². The van der Waals surface area contributed by atoms with Crippen LogP contribution < -0.4 is 21.3 Å². The predicted molar refractivity (Wildman–Crippen MR) is 177 cm³/mol. The van der Waals surface area contributed by atoms with Gasteiger partial charge in [0.25, 0.3) is 0 Å². The van der Waals surface area contributed by atoms with Crippen molar-refractivity contribution in [2.24, 2.45) is 0 Å². The molecule has 0 bridgehead atoms. The Morgan fingerprint density at radius 3 is 1.89 bits per heavy atom. The Labute approximate surface area is 278 Å². The molecule has 0 spiro atoms. The monoisotopic (exact) mass is 665 g/mol. The molecule has 5 N–H and O–H groups in total. The van der Waals surface area contributed by atoms with Gasteiger partial charge in [-0.1, -0.05) is 30.3 Å². The first kappa shape index (κ1) is 40.8. The number of amides is 5. The van der Waals surface area contributed by atoms with E-state index in [0.717, 1.165) is 5.56 Å². The van der Waals surface area contributed by atoms with Crippen molar-refractivity contribution in [2.45, 2.75) is 123 Å². The maximum atomic E-state index is 13.2. The zero-order valence-corrected chi connectivity index (χ0v) is 29.4. The first-order valence-electron chi connectivity index (χ1n) is 15.9. The van der Waals surface area contributed by atoms with Gasteiger partial charge in [0.1, 0.15) is 17.8 Å². The van der Waals surface area contributed by atoms with Crippen LogP contribution in [-0.4, -0.2) is 88.7 Å². The standard InChI is InChI=1S/C33H55N5O9/c1-31(2,3)38(30(43)44)25(17-19-35-27(40)45-22-23-14-11-10-12-15-23)20-26(39)36-21-24(37-29(42)47-33(7,8)9)16-13-18-34-28(41)46-32(4,5)6/h10-12,14-15,24-25H,13,16-22H2,1-9H3,(H,34,41)(H,35,40)(H,36,39)(H,37,42)(H,43,44)/t24-,25?/m0/s1. The van der Waals surface area contributed by atoms with Gasteiger partial charge in [0.2, 0.25) is 5.91 Å². The fraction of sp³-hybridized carbons (Fsp3) is 0.667. The van der Waals surface area contributed by atoms with E-state index in [1.54, 1.807) is 62.3 Å². The van der Waals surface area contributed by atoms with Gasteiger partial charge in [0.15, 0.2) is 0 Å². The highest BCUT2D eigenvalue weighted by molar-refractivity contribution is 5.78. The van der Waals surface area contributed by atoms with Gasteiger partial charge in [0, 0.05) is 43.7 Å². The summed E-state index contributed by atoms with van der Waals surface area (Å²) in [5.41, 5.74) is -1.40. The van der Waals surface area contributed by atoms with Crippen molar-refractivity contribution in [1.29, 1.82) is 0 Å². The summed E-state index contributed by atoms with van der Waals surface area (Å²) in [5, 5.41) is 20.9. The Balaban J connectivity index is 2.85. The van der Waals surface area contributed by atoms with Crippen molar-refractivity contribution < 1.29 is 43.3 Å². The SMILES string of the molecule is CC(C)(C)OC(=O)NCCC[C@@H](CNC(=O)CC(CCNC(=O)OCc1ccccc1)N(C(=O)O)C(C)(C)C)NC(=O)OC(C)(C)C. The lowest BCUT2D eigenvalue weighted by Gasteiger charge is -2.39. The molecule has 0 heterocycles. The number of benzene rings is 1. The summed E-state index contributed by atoms with van der Waals surface area (Å²) in [6.45, 7) is 16.1. The number of hydrogen-bond donors (Lipinski definition) is 5. The van der Waals surface area contributed by atoms with Crippen LogP contribution in [0.3, 0.4) is 0 Å². The lowest BCUT2D eigenvalue weighted by molar-refractivity contribution is -0.122. The Kier molecular flexibility index (Phi) is 16.3. The molecule has 0 aliphatic carbocycles. The van der Waals surface area contributed by atoms with E-state index in [1.807, 2.05) is 30.3 Å². The number of hydrogen-bond acceptors (Lipinski definition) is 8. The zero-order valence-electron chi connectivity index (χ0n) is 29.4. The Bertz CT molecular complexity index is 1160. The number of alkyl carbamates (subject to hydrolysis) is 3. The van der Waals surface area contributed by atoms with Crippen LogP contribution in [0.4, 0.5) is 19.2 Å². The van der Waals surface area contributed by atoms with Gasteiger partial charge in [-0.15, -0.1) is 0 Å². The molecule has 1 rings (SSSR count). The molecule has 14 heteroatoms. The molecule has 47 heavy (non-hydrogen) atoms. The molecule has 1 unspecified atom stereocenters. The number of ether oxygens (including phenoxy) is 3. The van der Waals surface area contributed by atoms with Crippen LogP contribution in [0.1, 0.15) is 93.6 Å². The Morgan fingerprint density at radius 2 is 1.34 bits per heavy atom. The van der Waals surface area contributed by atoms with Crippen LogP contribution in [0.2, 0.25) is 0 Å². The summed E-state index contributed by atoms with van der Waals surface area (Å²) in [5.74, 6) is -0.444. The first-order chi connectivity index (χ1) is 21.7. The topological polar surface area (TPSA) is 185 Å². The highest BCUT2D eigenvalue weighted by Crippen LogP contribution is 2.22. The molecule has 266 valence electrons. The molecule has 2 atom stereocenters. The van der Waals surface area contributed by atoms with E-state index in [0.29, 0.717) is 12.8 Å². The van der Waals surface area contributed by atoms with Crippen molar-refractivity contribution in [3.8, 4) is 0 Å². The number of rotatable bonds is 15. The molecule has 0 aromatic heterocycles. The number of carboxylic acid groups (broad SMARTS) is 1. The largest absolute Gasteiger partial charge is 0.465 e. The highest BCUT2D eigenvalue weighted by atomic mass is 16.6. The predicted octanol–water partition coefficient (Wildman–Crippen LogP) is 5.15. The molecule has 1 aromatic carbocycles. The Hall–Kier alpha value is -4.23. The van der Waals surface area contributed by atoms with E-state index in [2.05, 4.69) is 21.3 Å². The average molecular weight is 666 g/mol. The van der Waals surface area contributed by atoms with Crippen LogP contribution in [0, 0.1) is 0 Å². The van der Waals surface area contributed by atoms with E-state index >= 15 is 0 Å². The maximum absolute atomic E-state index is 13.2. The quantitative estimate of drug-likeness (QED) is 0.125. The molecular weight excluding hydrogens is 610 g/mol. The van der Waals surface area contributed by atoms with Crippen LogP contribution in [-0.2, 0) is 25.6 Å². The van der Waals surface area contributed by atoms with Crippen molar-refractivity contribution >= 4 is 30.3 Å². The fourth-order valence-electron chi connectivity index (χ4n) is 4.50. The van der Waals surface area contributed by atoms with Crippen LogP contribution >= 0.6 is 0 Å². The van der Waals surface area contributed by atoms with Gasteiger partial charge in [0.05, 0.1) is 0 Å². The molecule has 0 saturated heterocycles. The second kappa shape index (κ2) is 18.8. The summed E-state index contributed by atoms with van der Waals surface area (Å²) in [4.78, 5) is 63.4. The summed E-state index contributed by atoms with van der Waals surface area (Å²) in [7, 11) is 0. The number of carbonyl (C=O) groups is 5. The normalized spacial score (nSPS) is 13.0. The highest BCUT2D eigenvalue weighted by Gasteiger charge is 2.34. The molecule has 0 saturated carbocycles. The van der Waals surface area contributed by atoms with Gasteiger partial charge in [-0.25, -0.2) is 19.2 Å². The molecule has 0 aliphatic rings. The molecule has 14 nitrogen and oxygen atoms in total. The fourth-order valence-corrected chi connectivity index (χ4v) is 4.50. The molecule has 5 amide bonds. The minimum Gasteiger partial charge on any atom is -0.465 e. The first-order valence-corrected chi connectivity index (χ1v) is 15.9. The van der Waals surface area contributed by atoms with Crippen LogP contribution in [0.15, 0.2) is 30.3 Å². The van der Waals surface area contributed by atoms with Gasteiger partial charge >= 0.3 is 24.4 Å². The number of nitrogens with one attached hydrogen (secondary N) is 4. The third kappa shape index (κ3) is 19.1. The zero-order chi connectivity index (χ0) is 35.8. The third-order valence-electron chi connectivity index (χ3n) is 6.34. The average Bonchev–Trinajstić information content (AvgIpc) is 2.90. The second-order valence-corrected chi connectivity index (χ2v) is 14.2. The maximum Gasteiger partial charge on any atom is 0.407 e. The molecule has 0 aliphatic heterocycles. The van der Waals surface area contributed by atoms with Crippen molar-refractivity contribution in [2.75, 3.05) is 19.6 Å². The van der Waals surface area contributed by atoms with E-state index in [1.165, 1.54) is 4.90 Å². The van der Waals surface area contributed by atoms with Crippen LogP contribution in [0.25, 0.3) is 0 Å². The van der Waals surface area contributed by atoms with Crippen molar-refractivity contribution in [3.05, 3.63) is 35.9 Å². The van der Waals surface area contributed by atoms with Gasteiger partial charge in [-0.05, 0) is 87.1 Å². The van der Waals surface area contributed by atoms with Gasteiger partial charge in [-0.3, -0.25) is 9.69 Å².